The third-order valence-electron chi connectivity index (χ3n) is 5.86. The Morgan fingerprint density at radius 2 is 2.19 bits per heavy atom. The number of carbonyl (C=O) groups is 1. The van der Waals surface area contributed by atoms with E-state index < -0.39 is 0 Å². The van der Waals surface area contributed by atoms with Crippen molar-refractivity contribution in [2.45, 2.75) is 70.4 Å². The van der Waals surface area contributed by atoms with Gasteiger partial charge in [-0.3, -0.25) is 9.69 Å². The van der Waals surface area contributed by atoms with Crippen molar-refractivity contribution < 1.29 is 4.79 Å². The van der Waals surface area contributed by atoms with E-state index in [2.05, 4.69) is 22.5 Å². The zero-order valence-corrected chi connectivity index (χ0v) is 13.5. The fourth-order valence-corrected chi connectivity index (χ4v) is 4.70. The van der Waals surface area contributed by atoms with Gasteiger partial charge in [-0.1, -0.05) is 19.8 Å². The molecule has 4 nitrogen and oxygen atoms in total. The van der Waals surface area contributed by atoms with Gasteiger partial charge in [0, 0.05) is 25.2 Å². The molecule has 2 N–H and O–H groups in total. The molecule has 3 fully saturated rings. The topological polar surface area (TPSA) is 44.4 Å². The second kappa shape index (κ2) is 6.66. The van der Waals surface area contributed by atoms with Crippen molar-refractivity contribution in [3.8, 4) is 0 Å². The van der Waals surface area contributed by atoms with E-state index in [0.29, 0.717) is 18.0 Å². The lowest BCUT2D eigenvalue weighted by Gasteiger charge is -2.39. The van der Waals surface area contributed by atoms with Crippen molar-refractivity contribution in [2.75, 3.05) is 26.2 Å². The summed E-state index contributed by atoms with van der Waals surface area (Å²) < 4.78 is 0. The number of carbonyl (C=O) groups excluding carboxylic acids is 1. The fourth-order valence-electron chi connectivity index (χ4n) is 4.70. The van der Waals surface area contributed by atoms with Crippen LogP contribution in [-0.2, 0) is 4.79 Å². The van der Waals surface area contributed by atoms with Gasteiger partial charge in [0.2, 0.25) is 5.91 Å². The Kier molecular flexibility index (Phi) is 4.85. The highest BCUT2D eigenvalue weighted by Gasteiger charge is 2.42. The second-order valence-electron chi connectivity index (χ2n) is 7.28. The number of piperidine rings is 2. The molecule has 3 saturated heterocycles. The van der Waals surface area contributed by atoms with Crippen LogP contribution >= 0.6 is 0 Å². The van der Waals surface area contributed by atoms with Crippen molar-refractivity contribution in [3.63, 3.8) is 0 Å². The van der Waals surface area contributed by atoms with Crippen LogP contribution < -0.4 is 10.6 Å². The summed E-state index contributed by atoms with van der Waals surface area (Å²) in [5.41, 5.74) is -0.144. The molecule has 3 aliphatic heterocycles. The average molecular weight is 293 g/mol. The first-order valence-corrected chi connectivity index (χ1v) is 9.01. The number of amides is 1. The van der Waals surface area contributed by atoms with Gasteiger partial charge in [-0.15, -0.1) is 0 Å². The molecule has 120 valence electrons. The highest BCUT2D eigenvalue weighted by Crippen LogP contribution is 2.33. The van der Waals surface area contributed by atoms with E-state index in [1.54, 1.807) is 0 Å². The van der Waals surface area contributed by atoms with E-state index in [4.69, 9.17) is 0 Å². The summed E-state index contributed by atoms with van der Waals surface area (Å²) in [6.45, 7) is 6.54. The highest BCUT2D eigenvalue weighted by molar-refractivity contribution is 5.83. The molecule has 3 heterocycles. The molecule has 3 atom stereocenters. The van der Waals surface area contributed by atoms with Crippen LogP contribution in [0.4, 0.5) is 0 Å². The maximum absolute atomic E-state index is 13.0. The van der Waals surface area contributed by atoms with Crippen molar-refractivity contribution in [1.82, 2.24) is 15.5 Å². The van der Waals surface area contributed by atoms with Gasteiger partial charge in [-0.05, 0) is 51.6 Å². The Morgan fingerprint density at radius 1 is 1.29 bits per heavy atom. The Labute approximate surface area is 129 Å². The minimum atomic E-state index is -0.144. The lowest BCUT2D eigenvalue weighted by Crippen LogP contribution is -2.55. The molecule has 0 saturated carbocycles. The summed E-state index contributed by atoms with van der Waals surface area (Å²) in [4.78, 5) is 15.6. The number of nitrogens with one attached hydrogen (secondary N) is 2. The predicted molar refractivity (Wildman–Crippen MR) is 85.2 cm³/mol. The molecule has 0 aromatic rings. The zero-order valence-electron chi connectivity index (χ0n) is 13.5. The van der Waals surface area contributed by atoms with Gasteiger partial charge in [0.25, 0.3) is 0 Å². The van der Waals surface area contributed by atoms with E-state index in [-0.39, 0.29) is 5.41 Å². The molecular weight excluding hydrogens is 262 g/mol. The molecule has 0 aliphatic carbocycles. The molecule has 0 radical (unpaired) electrons. The van der Waals surface area contributed by atoms with Gasteiger partial charge in [0.05, 0.1) is 5.41 Å². The van der Waals surface area contributed by atoms with Crippen LogP contribution in [0, 0.1) is 5.41 Å². The third kappa shape index (κ3) is 3.11. The maximum atomic E-state index is 13.0. The van der Waals surface area contributed by atoms with Crippen LogP contribution in [0.3, 0.4) is 0 Å². The maximum Gasteiger partial charge on any atom is 0.227 e. The van der Waals surface area contributed by atoms with Crippen LogP contribution in [0.1, 0.15) is 58.3 Å². The lowest BCUT2D eigenvalue weighted by molar-refractivity contribution is -0.133. The number of nitrogens with zero attached hydrogens (tertiary/aromatic N) is 1. The monoisotopic (exact) mass is 293 g/mol. The molecule has 1 amide bonds. The van der Waals surface area contributed by atoms with E-state index in [1.807, 2.05) is 0 Å². The molecule has 0 aromatic heterocycles. The van der Waals surface area contributed by atoms with Gasteiger partial charge < -0.3 is 10.6 Å². The second-order valence-corrected chi connectivity index (χ2v) is 7.28. The van der Waals surface area contributed by atoms with Crippen molar-refractivity contribution in [3.05, 3.63) is 0 Å². The van der Waals surface area contributed by atoms with Crippen LogP contribution in [0.15, 0.2) is 0 Å². The van der Waals surface area contributed by atoms with Gasteiger partial charge in [-0.2, -0.15) is 0 Å². The molecule has 4 heteroatoms. The quantitative estimate of drug-likeness (QED) is 0.832. The number of fused-ring (bicyclic) bond motifs is 1. The third-order valence-corrected chi connectivity index (χ3v) is 5.86. The van der Waals surface area contributed by atoms with Crippen LogP contribution in [-0.4, -0.2) is 49.1 Å². The summed E-state index contributed by atoms with van der Waals surface area (Å²) in [7, 11) is 0. The van der Waals surface area contributed by atoms with E-state index in [1.165, 1.54) is 32.4 Å². The largest absolute Gasteiger partial charge is 0.351 e. The van der Waals surface area contributed by atoms with Gasteiger partial charge >= 0.3 is 0 Å². The molecular formula is C17H31N3O. The fraction of sp³-hybridized carbons (Fsp3) is 0.941. The Hall–Kier alpha value is -0.610. The van der Waals surface area contributed by atoms with Crippen LogP contribution in [0.5, 0.6) is 0 Å². The minimum Gasteiger partial charge on any atom is -0.351 e. The summed E-state index contributed by atoms with van der Waals surface area (Å²) in [5, 5.41) is 6.90. The smallest absolute Gasteiger partial charge is 0.227 e. The first-order valence-electron chi connectivity index (χ1n) is 9.01. The van der Waals surface area contributed by atoms with E-state index in [9.17, 15) is 4.79 Å². The predicted octanol–water partition coefficient (Wildman–Crippen LogP) is 1.90. The minimum absolute atomic E-state index is 0.144. The first kappa shape index (κ1) is 15.3. The Morgan fingerprint density at radius 3 is 2.95 bits per heavy atom. The van der Waals surface area contributed by atoms with Gasteiger partial charge in [-0.25, -0.2) is 0 Å². The standard InChI is InChI=1S/C17H31N3O/c1-2-8-17(9-5-10-18-13-17)16(21)19-14-7-12-20-11-4-3-6-15(14)20/h14-15,18H,2-13H2,1H3,(H,19,21). The number of hydrogen-bond acceptors (Lipinski definition) is 3. The highest BCUT2D eigenvalue weighted by atomic mass is 16.2. The molecule has 0 spiro atoms. The summed E-state index contributed by atoms with van der Waals surface area (Å²) in [6, 6.07) is 1.01. The molecule has 0 aromatic carbocycles. The molecule has 0 bridgehead atoms. The molecule has 3 aliphatic rings. The summed E-state index contributed by atoms with van der Waals surface area (Å²) >= 11 is 0. The lowest BCUT2D eigenvalue weighted by atomic mass is 9.76. The number of rotatable bonds is 4. The van der Waals surface area contributed by atoms with Gasteiger partial charge in [0.15, 0.2) is 0 Å². The van der Waals surface area contributed by atoms with Crippen molar-refractivity contribution in [2.24, 2.45) is 5.41 Å². The summed E-state index contributed by atoms with van der Waals surface area (Å²) in [5.74, 6) is 0.328. The van der Waals surface area contributed by atoms with Crippen molar-refractivity contribution in [1.29, 1.82) is 0 Å². The van der Waals surface area contributed by atoms with E-state index in [0.717, 1.165) is 45.2 Å². The van der Waals surface area contributed by atoms with Crippen LogP contribution in [0.2, 0.25) is 0 Å². The Bertz CT molecular complexity index is 360. The van der Waals surface area contributed by atoms with Crippen LogP contribution in [0.25, 0.3) is 0 Å². The zero-order chi connectivity index (χ0) is 14.7. The first-order chi connectivity index (χ1) is 10.2. The Balaban J connectivity index is 1.64. The summed E-state index contributed by atoms with van der Waals surface area (Å²) in [6.07, 6.45) is 9.38. The van der Waals surface area contributed by atoms with Gasteiger partial charge in [0.1, 0.15) is 0 Å². The SMILES string of the molecule is CCCC1(C(=O)NC2CCN3CCCCC23)CCCNC1. The normalized spacial score (nSPS) is 37.2. The molecule has 3 rings (SSSR count). The molecule has 21 heavy (non-hydrogen) atoms. The molecule has 3 unspecified atom stereocenters. The van der Waals surface area contributed by atoms with E-state index >= 15 is 0 Å². The average Bonchev–Trinajstić information content (AvgIpc) is 2.92. The number of hydrogen-bond donors (Lipinski definition) is 2. The van der Waals surface area contributed by atoms with Crippen molar-refractivity contribution >= 4 is 5.91 Å².